The zero-order valence-corrected chi connectivity index (χ0v) is 14.8. The van der Waals surface area contributed by atoms with Crippen LogP contribution in [0.1, 0.15) is 22.1 Å². The fourth-order valence-corrected chi connectivity index (χ4v) is 2.44. The van der Waals surface area contributed by atoms with E-state index < -0.39 is 0 Å². The number of rotatable bonds is 6. The minimum atomic E-state index is -0.283. The van der Waals surface area contributed by atoms with Crippen LogP contribution in [0.3, 0.4) is 0 Å². The van der Waals surface area contributed by atoms with Crippen LogP contribution in [0.5, 0.6) is 5.75 Å². The summed E-state index contributed by atoms with van der Waals surface area (Å²) in [6.07, 6.45) is 4.52. The molecule has 10 nitrogen and oxygen atoms in total. The number of carbonyl (C=O) groups excluding carboxylic acids is 1. The third kappa shape index (κ3) is 3.85. The molecule has 4 aromatic rings. The number of hydrogen-bond donors (Lipinski definition) is 1. The summed E-state index contributed by atoms with van der Waals surface area (Å²) in [6.45, 7) is 1.89. The molecular weight excluding hydrogens is 362 g/mol. The fraction of sp³-hybridized carbons (Fsp3) is 0.111. The first-order valence-electron chi connectivity index (χ1n) is 8.32. The Bertz CT molecular complexity index is 1070. The zero-order chi connectivity index (χ0) is 19.3. The van der Waals surface area contributed by atoms with Gasteiger partial charge < -0.3 is 14.6 Å². The van der Waals surface area contributed by atoms with Crippen LogP contribution < -0.4 is 10.1 Å². The number of hydrogen-bond acceptors (Lipinski definition) is 8. The van der Waals surface area contributed by atoms with Crippen molar-refractivity contribution in [3.05, 3.63) is 72.5 Å². The number of nitrogens with zero attached hydrogens (tertiary/aromatic N) is 6. The lowest BCUT2D eigenvalue weighted by Gasteiger charge is -2.10. The number of anilines is 1. The Morgan fingerprint density at radius 1 is 1.25 bits per heavy atom. The quantitative estimate of drug-likeness (QED) is 0.543. The van der Waals surface area contributed by atoms with Crippen LogP contribution in [0.25, 0.3) is 5.82 Å². The molecule has 0 aliphatic carbocycles. The molecule has 0 aliphatic rings. The third-order valence-electron chi connectivity index (χ3n) is 3.72. The first kappa shape index (κ1) is 17.3. The number of benzene rings is 1. The highest BCUT2D eigenvalue weighted by Gasteiger charge is 2.12. The third-order valence-corrected chi connectivity index (χ3v) is 3.72. The number of ether oxygens (including phenoxy) is 1. The molecule has 0 aliphatic heterocycles. The molecule has 0 saturated heterocycles. The molecule has 1 amide bonds. The van der Waals surface area contributed by atoms with Crippen LogP contribution in [0.2, 0.25) is 0 Å². The maximum Gasteiger partial charge on any atom is 0.255 e. The number of aromatic nitrogens is 6. The summed E-state index contributed by atoms with van der Waals surface area (Å²) >= 11 is 0. The normalized spacial score (nSPS) is 10.6. The monoisotopic (exact) mass is 377 g/mol. The van der Waals surface area contributed by atoms with Crippen molar-refractivity contribution in [3.63, 3.8) is 0 Å². The fourth-order valence-electron chi connectivity index (χ4n) is 2.44. The van der Waals surface area contributed by atoms with Crippen molar-refractivity contribution in [2.45, 2.75) is 13.5 Å². The van der Waals surface area contributed by atoms with Gasteiger partial charge in [-0.3, -0.25) is 4.79 Å². The summed E-state index contributed by atoms with van der Waals surface area (Å²) in [4.78, 5) is 24.8. The van der Waals surface area contributed by atoms with Crippen LogP contribution >= 0.6 is 0 Å². The molecule has 0 radical (unpaired) electrons. The van der Waals surface area contributed by atoms with Gasteiger partial charge in [-0.1, -0.05) is 5.16 Å². The Labute approximate surface area is 159 Å². The maximum absolute atomic E-state index is 12.6. The van der Waals surface area contributed by atoms with E-state index in [9.17, 15) is 4.79 Å². The first-order valence-corrected chi connectivity index (χ1v) is 8.32. The second kappa shape index (κ2) is 7.66. The lowest BCUT2D eigenvalue weighted by molar-refractivity contribution is 0.102. The highest BCUT2D eigenvalue weighted by atomic mass is 16.5. The molecule has 1 aromatic carbocycles. The van der Waals surface area contributed by atoms with Crippen LogP contribution in [0, 0.1) is 6.92 Å². The second-order valence-corrected chi connectivity index (χ2v) is 5.71. The van der Waals surface area contributed by atoms with E-state index in [1.807, 2.05) is 0 Å². The number of amides is 1. The largest absolute Gasteiger partial charge is 0.485 e. The first-order chi connectivity index (χ1) is 13.7. The van der Waals surface area contributed by atoms with Gasteiger partial charge in [0, 0.05) is 18.7 Å². The van der Waals surface area contributed by atoms with Crippen molar-refractivity contribution >= 4 is 11.6 Å². The molecule has 3 heterocycles. The van der Waals surface area contributed by atoms with Gasteiger partial charge in [0.2, 0.25) is 11.7 Å². The molecule has 28 heavy (non-hydrogen) atoms. The second-order valence-electron chi connectivity index (χ2n) is 5.71. The molecule has 0 atom stereocenters. The van der Waals surface area contributed by atoms with Gasteiger partial charge in [-0.15, -0.1) is 0 Å². The molecule has 10 heteroatoms. The number of nitrogens with one attached hydrogen (secondary N) is 1. The van der Waals surface area contributed by atoms with Crippen molar-refractivity contribution < 1.29 is 14.1 Å². The van der Waals surface area contributed by atoms with Crippen LogP contribution in [-0.2, 0) is 6.61 Å². The summed E-state index contributed by atoms with van der Waals surface area (Å²) in [5.41, 5.74) is 0.988. The van der Waals surface area contributed by atoms with Gasteiger partial charge in [0.05, 0.1) is 5.69 Å². The molecular formula is C18H15N7O3. The minimum absolute atomic E-state index is 0.180. The van der Waals surface area contributed by atoms with E-state index in [0.29, 0.717) is 34.5 Å². The number of pyridine rings is 1. The molecule has 140 valence electrons. The molecule has 1 N–H and O–H groups in total. The maximum atomic E-state index is 12.6. The molecule has 0 saturated carbocycles. The van der Waals surface area contributed by atoms with Crippen molar-refractivity contribution in [1.82, 2.24) is 29.9 Å². The molecule has 4 rings (SSSR count). The Morgan fingerprint density at radius 2 is 2.11 bits per heavy atom. The van der Waals surface area contributed by atoms with Gasteiger partial charge in [0.25, 0.3) is 5.91 Å². The van der Waals surface area contributed by atoms with E-state index in [1.54, 1.807) is 49.5 Å². The van der Waals surface area contributed by atoms with E-state index in [0.717, 1.165) is 0 Å². The van der Waals surface area contributed by atoms with Crippen molar-refractivity contribution in [3.8, 4) is 11.6 Å². The van der Waals surface area contributed by atoms with Gasteiger partial charge in [-0.05, 0) is 36.4 Å². The summed E-state index contributed by atoms with van der Waals surface area (Å²) in [5, 5.41) is 10.6. The van der Waals surface area contributed by atoms with Gasteiger partial charge in [-0.2, -0.15) is 10.1 Å². The van der Waals surface area contributed by atoms with Crippen LogP contribution in [0.4, 0.5) is 5.69 Å². The van der Waals surface area contributed by atoms with Gasteiger partial charge in [-0.25, -0.2) is 14.6 Å². The van der Waals surface area contributed by atoms with Gasteiger partial charge in [0.1, 0.15) is 18.4 Å². The minimum Gasteiger partial charge on any atom is -0.485 e. The van der Waals surface area contributed by atoms with Crippen LogP contribution in [-0.4, -0.2) is 35.8 Å². The summed E-state index contributed by atoms with van der Waals surface area (Å²) in [7, 11) is 0. The van der Waals surface area contributed by atoms with Gasteiger partial charge >= 0.3 is 0 Å². The summed E-state index contributed by atoms with van der Waals surface area (Å²) < 4.78 is 11.9. The Hall–Kier alpha value is -4.08. The van der Waals surface area contributed by atoms with Crippen molar-refractivity contribution in [2.24, 2.45) is 0 Å². The Morgan fingerprint density at radius 3 is 2.82 bits per heavy atom. The summed E-state index contributed by atoms with van der Waals surface area (Å²) in [6, 6.07) is 10.2. The van der Waals surface area contributed by atoms with Gasteiger partial charge in [0.15, 0.2) is 12.4 Å². The average Bonchev–Trinajstić information content (AvgIpc) is 3.39. The smallest absolute Gasteiger partial charge is 0.255 e. The average molecular weight is 377 g/mol. The Kier molecular flexibility index (Phi) is 4.74. The van der Waals surface area contributed by atoms with Crippen molar-refractivity contribution in [2.75, 3.05) is 5.32 Å². The highest BCUT2D eigenvalue weighted by Crippen LogP contribution is 2.18. The van der Waals surface area contributed by atoms with E-state index in [1.165, 1.54) is 17.3 Å². The SMILES string of the molecule is Cc1nc(COc2ccc(C(=O)Nc3cccnc3-n3cncn3)cc2)no1. The topological polar surface area (TPSA) is 121 Å². The molecule has 0 unspecified atom stereocenters. The zero-order valence-electron chi connectivity index (χ0n) is 14.8. The number of carbonyl (C=O) groups is 1. The van der Waals surface area contributed by atoms with E-state index in [2.05, 4.69) is 30.5 Å². The highest BCUT2D eigenvalue weighted by molar-refractivity contribution is 6.05. The number of aryl methyl sites for hydroxylation is 1. The van der Waals surface area contributed by atoms with E-state index in [4.69, 9.17) is 9.26 Å². The molecule has 3 aromatic heterocycles. The standard InChI is InChI=1S/C18H15N7O3/c1-12-22-16(24-28-12)9-27-14-6-4-13(5-7-14)18(26)23-15-3-2-8-20-17(15)25-11-19-10-21-25/h2-8,10-11H,9H2,1H3,(H,23,26). The van der Waals surface area contributed by atoms with E-state index >= 15 is 0 Å². The Balaban J connectivity index is 1.43. The van der Waals surface area contributed by atoms with Crippen LogP contribution in [0.15, 0.2) is 59.8 Å². The summed E-state index contributed by atoms with van der Waals surface area (Å²) in [5.74, 6) is 1.71. The lowest BCUT2D eigenvalue weighted by atomic mass is 10.2. The predicted octanol–water partition coefficient (Wildman–Crippen LogP) is 2.19. The molecule has 0 bridgehead atoms. The van der Waals surface area contributed by atoms with Crippen molar-refractivity contribution in [1.29, 1.82) is 0 Å². The molecule has 0 spiro atoms. The lowest BCUT2D eigenvalue weighted by Crippen LogP contribution is -2.14. The predicted molar refractivity (Wildman–Crippen MR) is 96.9 cm³/mol. The van der Waals surface area contributed by atoms with E-state index in [-0.39, 0.29) is 12.5 Å². The molecule has 0 fully saturated rings.